The lowest BCUT2D eigenvalue weighted by molar-refractivity contribution is -0.126. The van der Waals surface area contributed by atoms with Gasteiger partial charge in [-0.05, 0) is 67.0 Å². The first-order valence-corrected chi connectivity index (χ1v) is 12.2. The lowest BCUT2D eigenvalue weighted by atomic mass is 9.72. The molecule has 0 bridgehead atoms. The molecule has 34 heavy (non-hydrogen) atoms. The monoisotopic (exact) mass is 454 g/mol. The van der Waals surface area contributed by atoms with Crippen LogP contribution in [0.2, 0.25) is 0 Å². The number of benzene rings is 2. The molecule has 1 atom stereocenters. The zero-order chi connectivity index (χ0) is 23.4. The maximum Gasteiger partial charge on any atom is 0.230 e. The first kappa shape index (κ1) is 22.2. The Morgan fingerprint density at radius 2 is 2.12 bits per heavy atom. The second-order valence-corrected chi connectivity index (χ2v) is 9.58. The highest BCUT2D eigenvalue weighted by molar-refractivity contribution is 5.88. The molecule has 1 N–H and O–H groups in total. The van der Waals surface area contributed by atoms with Gasteiger partial charge in [-0.15, -0.1) is 0 Å². The molecule has 6 nitrogen and oxygen atoms in total. The van der Waals surface area contributed by atoms with Crippen LogP contribution in [0.4, 0.5) is 0 Å². The average molecular weight is 455 g/mol. The fraction of sp³-hybridized carbons (Fsp3) is 0.393. The van der Waals surface area contributed by atoms with Crippen LogP contribution < -0.4 is 10.1 Å². The summed E-state index contributed by atoms with van der Waals surface area (Å²) < 4.78 is 8.23. The van der Waals surface area contributed by atoms with Gasteiger partial charge in [0.2, 0.25) is 5.91 Å². The van der Waals surface area contributed by atoms with E-state index in [0.29, 0.717) is 23.6 Å². The second-order valence-electron chi connectivity index (χ2n) is 9.58. The van der Waals surface area contributed by atoms with Crippen molar-refractivity contribution in [2.24, 2.45) is 5.92 Å². The Kier molecular flexibility index (Phi) is 6.35. The minimum absolute atomic E-state index is 0.142. The Morgan fingerprint density at radius 1 is 1.21 bits per heavy atom. The van der Waals surface area contributed by atoms with E-state index in [0.717, 1.165) is 55.7 Å². The predicted octanol–water partition coefficient (Wildman–Crippen LogP) is 5.32. The fourth-order valence-corrected chi connectivity index (χ4v) is 4.97. The zero-order valence-corrected chi connectivity index (χ0v) is 19.4. The van der Waals surface area contributed by atoms with Crippen LogP contribution in [0.25, 0.3) is 0 Å². The molecule has 2 fully saturated rings. The number of ether oxygens (including phenoxy) is 1. The largest absolute Gasteiger partial charge is 0.456 e. The number of carbonyl (C=O) groups excluding carboxylic acids is 1. The normalized spacial score (nSPS) is 20.3. The number of aromatic nitrogens is 2. The SMILES string of the molecule is N#Cc1ccc(Cn2ccnc2)cc1Oc1cccc(C2(CCC3CC3)CCCCNC2=O)c1. The van der Waals surface area contributed by atoms with Crippen molar-refractivity contribution in [2.75, 3.05) is 6.54 Å². The lowest BCUT2D eigenvalue weighted by Crippen LogP contribution is -2.43. The van der Waals surface area contributed by atoms with Crippen LogP contribution in [0.3, 0.4) is 0 Å². The molecule has 1 saturated heterocycles. The number of nitriles is 1. The summed E-state index contributed by atoms with van der Waals surface area (Å²) >= 11 is 0. The van der Waals surface area contributed by atoms with Crippen LogP contribution in [0.5, 0.6) is 11.5 Å². The van der Waals surface area contributed by atoms with Crippen LogP contribution in [-0.4, -0.2) is 22.0 Å². The molecule has 2 aliphatic rings. The van der Waals surface area contributed by atoms with Gasteiger partial charge in [0, 0.05) is 25.5 Å². The molecule has 1 amide bonds. The Bertz CT molecular complexity index is 1190. The van der Waals surface area contributed by atoms with E-state index in [1.807, 2.05) is 41.1 Å². The molecule has 174 valence electrons. The molecule has 1 saturated carbocycles. The summed E-state index contributed by atoms with van der Waals surface area (Å²) in [5.41, 5.74) is 2.00. The quantitative estimate of drug-likeness (QED) is 0.499. The van der Waals surface area contributed by atoms with Crippen molar-refractivity contribution in [1.82, 2.24) is 14.9 Å². The van der Waals surface area contributed by atoms with Crippen molar-refractivity contribution >= 4 is 5.91 Å². The summed E-state index contributed by atoms with van der Waals surface area (Å²) in [6.07, 6.45) is 12.9. The fourth-order valence-electron chi connectivity index (χ4n) is 4.97. The maximum absolute atomic E-state index is 13.3. The van der Waals surface area contributed by atoms with E-state index in [2.05, 4.69) is 22.4 Å². The summed E-state index contributed by atoms with van der Waals surface area (Å²) in [6, 6.07) is 15.8. The molecule has 2 aromatic carbocycles. The third kappa shape index (κ3) is 4.84. The number of hydrogen-bond donors (Lipinski definition) is 1. The van der Waals surface area contributed by atoms with Crippen LogP contribution in [0, 0.1) is 17.2 Å². The molecule has 1 unspecified atom stereocenters. The topological polar surface area (TPSA) is 79.9 Å². The summed E-state index contributed by atoms with van der Waals surface area (Å²) in [4.78, 5) is 17.4. The van der Waals surface area contributed by atoms with Gasteiger partial charge in [0.25, 0.3) is 0 Å². The minimum Gasteiger partial charge on any atom is -0.456 e. The van der Waals surface area contributed by atoms with Crippen LogP contribution >= 0.6 is 0 Å². The van der Waals surface area contributed by atoms with Gasteiger partial charge < -0.3 is 14.6 Å². The molecule has 0 radical (unpaired) electrons. The van der Waals surface area contributed by atoms with Gasteiger partial charge in [-0.2, -0.15) is 5.26 Å². The van der Waals surface area contributed by atoms with E-state index in [1.165, 1.54) is 12.8 Å². The number of nitrogens with one attached hydrogen (secondary N) is 1. The maximum atomic E-state index is 13.3. The third-order valence-corrected chi connectivity index (χ3v) is 7.13. The van der Waals surface area contributed by atoms with Crippen molar-refractivity contribution in [1.29, 1.82) is 5.26 Å². The number of hydrogen-bond acceptors (Lipinski definition) is 4. The zero-order valence-electron chi connectivity index (χ0n) is 19.4. The first-order chi connectivity index (χ1) is 16.7. The Labute approximate surface area is 200 Å². The van der Waals surface area contributed by atoms with Gasteiger partial charge in [0.05, 0.1) is 17.3 Å². The van der Waals surface area contributed by atoms with Crippen molar-refractivity contribution in [3.63, 3.8) is 0 Å². The van der Waals surface area contributed by atoms with Gasteiger partial charge in [-0.1, -0.05) is 37.5 Å². The van der Waals surface area contributed by atoms with Crippen molar-refractivity contribution in [3.05, 3.63) is 77.9 Å². The molecule has 3 aromatic rings. The highest BCUT2D eigenvalue weighted by atomic mass is 16.5. The molecule has 1 aromatic heterocycles. The lowest BCUT2D eigenvalue weighted by Gasteiger charge is -2.32. The molecule has 0 spiro atoms. The number of amides is 1. The molecule has 6 heteroatoms. The highest BCUT2D eigenvalue weighted by Crippen LogP contribution is 2.43. The van der Waals surface area contributed by atoms with E-state index < -0.39 is 5.41 Å². The third-order valence-electron chi connectivity index (χ3n) is 7.13. The van der Waals surface area contributed by atoms with E-state index in [1.54, 1.807) is 18.6 Å². The summed E-state index contributed by atoms with van der Waals surface area (Å²) in [6.45, 7) is 1.39. The first-order valence-electron chi connectivity index (χ1n) is 12.2. The predicted molar refractivity (Wildman–Crippen MR) is 129 cm³/mol. The van der Waals surface area contributed by atoms with Crippen LogP contribution in [0.15, 0.2) is 61.2 Å². The van der Waals surface area contributed by atoms with Crippen molar-refractivity contribution in [3.8, 4) is 17.6 Å². The van der Waals surface area contributed by atoms with Crippen molar-refractivity contribution in [2.45, 2.75) is 56.9 Å². The van der Waals surface area contributed by atoms with Gasteiger partial charge in [0.1, 0.15) is 17.6 Å². The van der Waals surface area contributed by atoms with E-state index in [9.17, 15) is 10.1 Å². The molecular formula is C28H30N4O2. The number of rotatable bonds is 8. The summed E-state index contributed by atoms with van der Waals surface area (Å²) in [5.74, 6) is 2.08. The number of carbonyl (C=O) groups is 1. The molecular weight excluding hydrogens is 424 g/mol. The van der Waals surface area contributed by atoms with Gasteiger partial charge in [0.15, 0.2) is 0 Å². The smallest absolute Gasteiger partial charge is 0.230 e. The number of nitrogens with zero attached hydrogens (tertiary/aromatic N) is 3. The van der Waals surface area contributed by atoms with E-state index >= 15 is 0 Å². The van der Waals surface area contributed by atoms with Crippen LogP contribution in [-0.2, 0) is 16.8 Å². The summed E-state index contributed by atoms with van der Waals surface area (Å²) in [7, 11) is 0. The molecule has 2 heterocycles. The summed E-state index contributed by atoms with van der Waals surface area (Å²) in [5, 5.41) is 12.8. The average Bonchev–Trinajstić information content (AvgIpc) is 3.58. The van der Waals surface area contributed by atoms with Crippen LogP contribution in [0.1, 0.15) is 61.6 Å². The van der Waals surface area contributed by atoms with Gasteiger partial charge in [-0.25, -0.2) is 4.98 Å². The van der Waals surface area contributed by atoms with E-state index in [-0.39, 0.29) is 5.91 Å². The Hall–Kier alpha value is -3.59. The number of imidazole rings is 1. The highest BCUT2D eigenvalue weighted by Gasteiger charge is 2.42. The van der Waals surface area contributed by atoms with Gasteiger partial charge in [-0.3, -0.25) is 4.79 Å². The Balaban J connectivity index is 1.44. The van der Waals surface area contributed by atoms with Gasteiger partial charge >= 0.3 is 0 Å². The molecule has 5 rings (SSSR count). The second kappa shape index (κ2) is 9.72. The Morgan fingerprint density at radius 3 is 2.91 bits per heavy atom. The minimum atomic E-state index is -0.514. The standard InChI is InChI=1S/C28H30N4O2/c29-18-23-9-8-22(19-32-15-14-30-20-32)16-26(23)34-25-5-3-4-24(17-25)28(12-10-21-6-7-21)11-1-2-13-31-27(28)33/h3-5,8-9,14-17,20-21H,1-2,6-7,10-13,19H2,(H,31,33). The molecule has 1 aliphatic heterocycles. The van der Waals surface area contributed by atoms with E-state index in [4.69, 9.17) is 4.74 Å². The molecule has 1 aliphatic carbocycles. The van der Waals surface area contributed by atoms with Crippen molar-refractivity contribution < 1.29 is 9.53 Å².